The largest absolute Gasteiger partial charge is 0.320 e. The highest BCUT2D eigenvalue weighted by Crippen LogP contribution is 2.19. The third-order valence-corrected chi connectivity index (χ3v) is 3.21. The van der Waals surface area contributed by atoms with Crippen molar-refractivity contribution in [3.8, 4) is 0 Å². The van der Waals surface area contributed by atoms with Crippen molar-refractivity contribution in [2.24, 2.45) is 0 Å². The van der Waals surface area contributed by atoms with Crippen LogP contribution in [0.4, 0.5) is 0 Å². The topological polar surface area (TPSA) is 12.0 Å². The molecule has 0 radical (unpaired) electrons. The Labute approximate surface area is 91.3 Å². The van der Waals surface area contributed by atoms with Gasteiger partial charge < -0.3 is 5.32 Å². The number of thioether (sulfide) groups is 1. The first-order valence-electron chi connectivity index (χ1n) is 5.17. The highest BCUT2D eigenvalue weighted by atomic mass is 32.2. The van der Waals surface area contributed by atoms with Gasteiger partial charge in [-0.2, -0.15) is 0 Å². The summed E-state index contributed by atoms with van der Waals surface area (Å²) in [7, 11) is 2.01. The lowest BCUT2D eigenvalue weighted by Crippen LogP contribution is -2.07. The first-order valence-corrected chi connectivity index (χ1v) is 6.15. The second-order valence-corrected chi connectivity index (χ2v) is 4.64. The smallest absolute Gasteiger partial charge is 0.00721 e. The molecule has 0 atom stereocenters. The lowest BCUT2D eigenvalue weighted by Gasteiger charge is -2.02. The summed E-state index contributed by atoms with van der Waals surface area (Å²) < 4.78 is 0. The third kappa shape index (κ3) is 4.68. The number of rotatable bonds is 6. The Balaban J connectivity index is 2.15. The number of unbranched alkanes of at least 4 members (excludes halogenated alkanes) is 1. The molecule has 2 heteroatoms. The Morgan fingerprint density at radius 2 is 1.86 bits per heavy atom. The second kappa shape index (κ2) is 6.91. The first-order chi connectivity index (χ1) is 6.83. The molecule has 1 rings (SSSR count). The molecule has 1 nitrogen and oxygen atoms in total. The van der Waals surface area contributed by atoms with Crippen LogP contribution in [0.25, 0.3) is 0 Å². The van der Waals surface area contributed by atoms with Gasteiger partial charge in [-0.1, -0.05) is 17.7 Å². The Bertz CT molecular complexity index is 243. The number of hydrogen-bond acceptors (Lipinski definition) is 2. The summed E-state index contributed by atoms with van der Waals surface area (Å²) in [6.07, 6.45) is 2.56. The molecule has 0 fully saturated rings. The van der Waals surface area contributed by atoms with Gasteiger partial charge in [0.1, 0.15) is 0 Å². The second-order valence-electron chi connectivity index (χ2n) is 3.47. The summed E-state index contributed by atoms with van der Waals surface area (Å²) in [5.41, 5.74) is 1.34. The van der Waals surface area contributed by atoms with Crippen molar-refractivity contribution < 1.29 is 0 Å². The van der Waals surface area contributed by atoms with Gasteiger partial charge >= 0.3 is 0 Å². The van der Waals surface area contributed by atoms with Gasteiger partial charge in [-0.25, -0.2) is 0 Å². The Kier molecular flexibility index (Phi) is 5.72. The van der Waals surface area contributed by atoms with E-state index in [1.54, 1.807) is 0 Å². The molecular weight excluding hydrogens is 190 g/mol. The van der Waals surface area contributed by atoms with Crippen molar-refractivity contribution in [3.05, 3.63) is 29.8 Å². The molecule has 0 aliphatic carbocycles. The van der Waals surface area contributed by atoms with Gasteiger partial charge in [0.05, 0.1) is 0 Å². The maximum Gasteiger partial charge on any atom is 0.00721 e. The molecule has 1 aromatic carbocycles. The van der Waals surface area contributed by atoms with E-state index in [4.69, 9.17) is 0 Å². The zero-order chi connectivity index (χ0) is 10.2. The van der Waals surface area contributed by atoms with Crippen molar-refractivity contribution in [1.29, 1.82) is 0 Å². The third-order valence-electron chi connectivity index (χ3n) is 2.11. The van der Waals surface area contributed by atoms with Gasteiger partial charge in [0.2, 0.25) is 0 Å². The van der Waals surface area contributed by atoms with E-state index in [1.165, 1.54) is 29.1 Å². The van der Waals surface area contributed by atoms with E-state index in [0.29, 0.717) is 0 Å². The van der Waals surface area contributed by atoms with Crippen molar-refractivity contribution >= 4 is 11.8 Å². The van der Waals surface area contributed by atoms with Crippen LogP contribution in [0.2, 0.25) is 0 Å². The monoisotopic (exact) mass is 209 g/mol. The quantitative estimate of drug-likeness (QED) is 0.571. The minimum atomic E-state index is 1.13. The summed E-state index contributed by atoms with van der Waals surface area (Å²) in [6.45, 7) is 3.26. The molecule has 0 bridgehead atoms. The molecule has 0 aliphatic heterocycles. The van der Waals surface area contributed by atoms with Crippen LogP contribution in [0, 0.1) is 6.92 Å². The summed E-state index contributed by atoms with van der Waals surface area (Å²) in [4.78, 5) is 1.39. The summed E-state index contributed by atoms with van der Waals surface area (Å²) in [6, 6.07) is 8.77. The molecule has 0 saturated carbocycles. The maximum atomic E-state index is 3.16. The minimum absolute atomic E-state index is 1.13. The number of hydrogen-bond donors (Lipinski definition) is 1. The maximum absolute atomic E-state index is 3.16. The van der Waals surface area contributed by atoms with Crippen molar-refractivity contribution in [2.45, 2.75) is 24.7 Å². The lowest BCUT2D eigenvalue weighted by atomic mass is 10.2. The molecule has 1 aromatic rings. The lowest BCUT2D eigenvalue weighted by molar-refractivity contribution is 0.715. The van der Waals surface area contributed by atoms with Gasteiger partial charge in [0, 0.05) is 4.90 Å². The molecule has 1 N–H and O–H groups in total. The fourth-order valence-corrected chi connectivity index (χ4v) is 2.14. The van der Waals surface area contributed by atoms with Crippen LogP contribution >= 0.6 is 11.8 Å². The molecule has 14 heavy (non-hydrogen) atoms. The summed E-state index contributed by atoms with van der Waals surface area (Å²) >= 11 is 1.95. The van der Waals surface area contributed by atoms with E-state index in [2.05, 4.69) is 36.5 Å². The zero-order valence-corrected chi connectivity index (χ0v) is 9.86. The molecule has 0 saturated heterocycles. The summed E-state index contributed by atoms with van der Waals surface area (Å²) in [5.74, 6) is 1.23. The van der Waals surface area contributed by atoms with Gasteiger partial charge in [0.15, 0.2) is 0 Å². The average Bonchev–Trinajstić information content (AvgIpc) is 2.21. The van der Waals surface area contributed by atoms with Crippen LogP contribution in [-0.2, 0) is 0 Å². The van der Waals surface area contributed by atoms with Crippen LogP contribution in [0.15, 0.2) is 29.2 Å². The summed E-state index contributed by atoms with van der Waals surface area (Å²) in [5, 5.41) is 3.16. The predicted octanol–water partition coefficient (Wildman–Crippen LogP) is 3.09. The average molecular weight is 209 g/mol. The van der Waals surface area contributed by atoms with E-state index in [-0.39, 0.29) is 0 Å². The fraction of sp³-hybridized carbons (Fsp3) is 0.500. The normalized spacial score (nSPS) is 10.4. The number of benzene rings is 1. The van der Waals surface area contributed by atoms with Crippen LogP contribution in [0.1, 0.15) is 18.4 Å². The highest BCUT2D eigenvalue weighted by Gasteiger charge is 1.93. The Morgan fingerprint density at radius 1 is 1.14 bits per heavy atom. The standard InChI is InChI=1S/C12H19NS/c1-11-5-7-12(8-6-11)14-10-4-3-9-13-2/h5-8,13H,3-4,9-10H2,1-2H3. The van der Waals surface area contributed by atoms with Crippen LogP contribution < -0.4 is 5.32 Å². The van der Waals surface area contributed by atoms with Gasteiger partial charge in [0.25, 0.3) is 0 Å². The van der Waals surface area contributed by atoms with E-state index >= 15 is 0 Å². The molecule has 0 aliphatic rings. The molecule has 0 heterocycles. The fourth-order valence-electron chi connectivity index (χ4n) is 1.23. The van der Waals surface area contributed by atoms with Gasteiger partial charge in [-0.05, 0) is 51.2 Å². The minimum Gasteiger partial charge on any atom is -0.320 e. The number of nitrogens with one attached hydrogen (secondary N) is 1. The molecule has 0 aromatic heterocycles. The van der Waals surface area contributed by atoms with Crippen molar-refractivity contribution in [3.63, 3.8) is 0 Å². The highest BCUT2D eigenvalue weighted by molar-refractivity contribution is 7.99. The van der Waals surface area contributed by atoms with E-state index < -0.39 is 0 Å². The van der Waals surface area contributed by atoms with E-state index in [0.717, 1.165) is 6.54 Å². The molecule has 78 valence electrons. The zero-order valence-electron chi connectivity index (χ0n) is 9.05. The van der Waals surface area contributed by atoms with Crippen LogP contribution in [0.5, 0.6) is 0 Å². The number of aryl methyl sites for hydroxylation is 1. The first kappa shape index (κ1) is 11.6. The SMILES string of the molecule is CNCCCCSc1ccc(C)cc1. The van der Waals surface area contributed by atoms with Gasteiger partial charge in [-0.15, -0.1) is 11.8 Å². The molecule has 0 unspecified atom stereocenters. The van der Waals surface area contributed by atoms with Crippen LogP contribution in [-0.4, -0.2) is 19.3 Å². The molecule has 0 spiro atoms. The molecular formula is C12H19NS. The Hall–Kier alpha value is -0.470. The Morgan fingerprint density at radius 3 is 2.50 bits per heavy atom. The van der Waals surface area contributed by atoms with Crippen molar-refractivity contribution in [2.75, 3.05) is 19.3 Å². The van der Waals surface area contributed by atoms with E-state index in [1.807, 2.05) is 18.8 Å². The molecule has 0 amide bonds. The van der Waals surface area contributed by atoms with Crippen molar-refractivity contribution in [1.82, 2.24) is 5.32 Å². The predicted molar refractivity (Wildman–Crippen MR) is 65.1 cm³/mol. The van der Waals surface area contributed by atoms with Crippen LogP contribution in [0.3, 0.4) is 0 Å². The van der Waals surface area contributed by atoms with Gasteiger partial charge in [-0.3, -0.25) is 0 Å². The van der Waals surface area contributed by atoms with E-state index in [9.17, 15) is 0 Å².